The summed E-state index contributed by atoms with van der Waals surface area (Å²) in [4.78, 5) is 27.2. The second-order valence-corrected chi connectivity index (χ2v) is 4.30. The van der Waals surface area contributed by atoms with Crippen molar-refractivity contribution in [1.82, 2.24) is 9.55 Å². The summed E-state index contributed by atoms with van der Waals surface area (Å²) in [5.41, 5.74) is 1.19. The van der Waals surface area contributed by atoms with Crippen LogP contribution in [0.25, 0.3) is 5.69 Å². The smallest absolute Gasteiger partial charge is 0.316 e. The van der Waals surface area contributed by atoms with Crippen LogP contribution in [-0.4, -0.2) is 28.4 Å². The standard InChI is InChI=1S/C15H16N2O3/c1-3-20-15(19)11(2)14-16-9-13(10-18)17(14)12-7-5-4-6-8-12/h4-11H,3H2,1-2H3. The fourth-order valence-electron chi connectivity index (χ4n) is 2.00. The summed E-state index contributed by atoms with van der Waals surface area (Å²) in [6.07, 6.45) is 2.19. The lowest BCUT2D eigenvalue weighted by Gasteiger charge is -2.14. The number of esters is 1. The number of ether oxygens (including phenoxy) is 1. The highest BCUT2D eigenvalue weighted by Gasteiger charge is 2.24. The van der Waals surface area contributed by atoms with Gasteiger partial charge in [0.05, 0.1) is 12.8 Å². The van der Waals surface area contributed by atoms with Gasteiger partial charge in [0.15, 0.2) is 6.29 Å². The quantitative estimate of drug-likeness (QED) is 0.619. The lowest BCUT2D eigenvalue weighted by atomic mass is 10.1. The molecule has 0 aliphatic heterocycles. The molecule has 1 unspecified atom stereocenters. The molecule has 5 heteroatoms. The summed E-state index contributed by atoms with van der Waals surface area (Å²) < 4.78 is 6.69. The van der Waals surface area contributed by atoms with Crippen molar-refractivity contribution < 1.29 is 14.3 Å². The number of hydrogen-bond acceptors (Lipinski definition) is 4. The predicted molar refractivity (Wildman–Crippen MR) is 74.0 cm³/mol. The first-order chi connectivity index (χ1) is 9.69. The summed E-state index contributed by atoms with van der Waals surface area (Å²) >= 11 is 0. The molecule has 0 spiro atoms. The van der Waals surface area contributed by atoms with Crippen LogP contribution < -0.4 is 0 Å². The van der Waals surface area contributed by atoms with Gasteiger partial charge < -0.3 is 4.74 Å². The van der Waals surface area contributed by atoms with E-state index in [-0.39, 0.29) is 5.97 Å². The summed E-state index contributed by atoms with van der Waals surface area (Å²) in [6.45, 7) is 3.79. The third kappa shape index (κ3) is 2.61. The van der Waals surface area contributed by atoms with E-state index in [1.807, 2.05) is 30.3 Å². The molecule has 5 nitrogen and oxygen atoms in total. The minimum absolute atomic E-state index is 0.315. The van der Waals surface area contributed by atoms with E-state index in [1.54, 1.807) is 18.4 Å². The largest absolute Gasteiger partial charge is 0.465 e. The monoisotopic (exact) mass is 272 g/mol. The van der Waals surface area contributed by atoms with Gasteiger partial charge in [-0.05, 0) is 26.0 Å². The minimum atomic E-state index is -0.538. The number of nitrogens with zero attached hydrogens (tertiary/aromatic N) is 2. The van der Waals surface area contributed by atoms with Crippen molar-refractivity contribution in [2.75, 3.05) is 6.61 Å². The summed E-state index contributed by atoms with van der Waals surface area (Å²) in [5, 5.41) is 0. The zero-order chi connectivity index (χ0) is 14.5. The van der Waals surface area contributed by atoms with Gasteiger partial charge in [0.2, 0.25) is 0 Å². The van der Waals surface area contributed by atoms with Crippen LogP contribution in [-0.2, 0) is 9.53 Å². The number of aldehydes is 1. The van der Waals surface area contributed by atoms with Crippen LogP contribution in [0.3, 0.4) is 0 Å². The molecule has 2 aromatic rings. The van der Waals surface area contributed by atoms with E-state index in [1.165, 1.54) is 6.20 Å². The Bertz CT molecular complexity index is 605. The Balaban J connectivity index is 2.47. The van der Waals surface area contributed by atoms with Crippen LogP contribution in [0.15, 0.2) is 36.5 Å². The molecular formula is C15H16N2O3. The van der Waals surface area contributed by atoms with Gasteiger partial charge in [-0.15, -0.1) is 0 Å². The molecule has 0 aliphatic rings. The van der Waals surface area contributed by atoms with Gasteiger partial charge in [-0.25, -0.2) is 4.98 Å². The van der Waals surface area contributed by atoms with Gasteiger partial charge in [-0.1, -0.05) is 18.2 Å². The van der Waals surface area contributed by atoms with Gasteiger partial charge in [-0.3, -0.25) is 14.2 Å². The maximum Gasteiger partial charge on any atom is 0.316 e. The van der Waals surface area contributed by atoms with Crippen molar-refractivity contribution >= 4 is 12.3 Å². The van der Waals surface area contributed by atoms with E-state index >= 15 is 0 Å². The van der Waals surface area contributed by atoms with Crippen molar-refractivity contribution in [3.05, 3.63) is 48.0 Å². The fourth-order valence-corrected chi connectivity index (χ4v) is 2.00. The first-order valence-corrected chi connectivity index (χ1v) is 6.44. The maximum atomic E-state index is 11.9. The molecule has 0 bridgehead atoms. The molecule has 20 heavy (non-hydrogen) atoms. The van der Waals surface area contributed by atoms with Gasteiger partial charge in [0.1, 0.15) is 17.4 Å². The Morgan fingerprint density at radius 3 is 2.70 bits per heavy atom. The first kappa shape index (κ1) is 14.0. The molecular weight excluding hydrogens is 256 g/mol. The fraction of sp³-hybridized carbons (Fsp3) is 0.267. The SMILES string of the molecule is CCOC(=O)C(C)c1ncc(C=O)n1-c1ccccc1. The van der Waals surface area contributed by atoms with E-state index in [2.05, 4.69) is 4.98 Å². The summed E-state index contributed by atoms with van der Waals surface area (Å²) in [5.74, 6) is -0.395. The molecule has 1 atom stereocenters. The number of hydrogen-bond donors (Lipinski definition) is 0. The molecule has 104 valence electrons. The Morgan fingerprint density at radius 2 is 2.10 bits per heavy atom. The van der Waals surface area contributed by atoms with Crippen LogP contribution in [0.2, 0.25) is 0 Å². The Morgan fingerprint density at radius 1 is 1.40 bits per heavy atom. The van der Waals surface area contributed by atoms with Crippen molar-refractivity contribution in [2.24, 2.45) is 0 Å². The summed E-state index contributed by atoms with van der Waals surface area (Å²) in [6, 6.07) is 9.33. The molecule has 1 aromatic carbocycles. The Labute approximate surface area is 117 Å². The molecule has 0 radical (unpaired) electrons. The maximum absolute atomic E-state index is 11.9. The van der Waals surface area contributed by atoms with Crippen LogP contribution >= 0.6 is 0 Å². The van der Waals surface area contributed by atoms with Gasteiger partial charge in [0, 0.05) is 5.69 Å². The Hall–Kier alpha value is -2.43. The van der Waals surface area contributed by atoms with Gasteiger partial charge in [0.25, 0.3) is 0 Å². The number of carbonyl (C=O) groups excluding carboxylic acids is 2. The Kier molecular flexibility index (Phi) is 4.30. The van der Waals surface area contributed by atoms with Crippen LogP contribution in [0, 0.1) is 0 Å². The topological polar surface area (TPSA) is 61.2 Å². The van der Waals surface area contributed by atoms with Crippen LogP contribution in [0.1, 0.15) is 36.1 Å². The summed E-state index contributed by atoms with van der Waals surface area (Å²) in [7, 11) is 0. The van der Waals surface area contributed by atoms with Crippen LogP contribution in [0.4, 0.5) is 0 Å². The van der Waals surface area contributed by atoms with Crippen molar-refractivity contribution in [1.29, 1.82) is 0 Å². The number of benzene rings is 1. The number of rotatable bonds is 5. The molecule has 0 fully saturated rings. The van der Waals surface area contributed by atoms with E-state index in [9.17, 15) is 9.59 Å². The van der Waals surface area contributed by atoms with Crippen LogP contribution in [0.5, 0.6) is 0 Å². The third-order valence-corrected chi connectivity index (χ3v) is 2.98. The van der Waals surface area contributed by atoms with E-state index in [4.69, 9.17) is 4.74 Å². The lowest BCUT2D eigenvalue weighted by molar-refractivity contribution is -0.144. The normalized spacial score (nSPS) is 11.9. The molecule has 1 aromatic heterocycles. The molecule has 0 saturated carbocycles. The molecule has 0 aliphatic carbocycles. The molecule has 1 heterocycles. The van der Waals surface area contributed by atoms with E-state index in [0.29, 0.717) is 18.1 Å². The van der Waals surface area contributed by atoms with Crippen molar-refractivity contribution in [3.8, 4) is 5.69 Å². The molecule has 0 amide bonds. The average molecular weight is 272 g/mol. The zero-order valence-corrected chi connectivity index (χ0v) is 11.4. The predicted octanol–water partition coefficient (Wildman–Crippen LogP) is 2.35. The molecule has 0 N–H and O–H groups in total. The number of para-hydroxylation sites is 1. The number of imidazole rings is 1. The highest BCUT2D eigenvalue weighted by atomic mass is 16.5. The molecule has 0 saturated heterocycles. The van der Waals surface area contributed by atoms with Crippen molar-refractivity contribution in [3.63, 3.8) is 0 Å². The lowest BCUT2D eigenvalue weighted by Crippen LogP contribution is -2.17. The van der Waals surface area contributed by atoms with Gasteiger partial charge >= 0.3 is 5.97 Å². The highest BCUT2D eigenvalue weighted by molar-refractivity contribution is 5.78. The second-order valence-electron chi connectivity index (χ2n) is 4.30. The first-order valence-electron chi connectivity index (χ1n) is 6.44. The zero-order valence-electron chi connectivity index (χ0n) is 11.4. The number of aromatic nitrogens is 2. The third-order valence-electron chi connectivity index (χ3n) is 2.98. The average Bonchev–Trinajstić information content (AvgIpc) is 2.91. The van der Waals surface area contributed by atoms with E-state index in [0.717, 1.165) is 12.0 Å². The molecule has 2 rings (SSSR count). The second kappa shape index (κ2) is 6.14. The minimum Gasteiger partial charge on any atom is -0.465 e. The number of carbonyl (C=O) groups is 2. The van der Waals surface area contributed by atoms with Crippen molar-refractivity contribution in [2.45, 2.75) is 19.8 Å². The highest BCUT2D eigenvalue weighted by Crippen LogP contribution is 2.21. The van der Waals surface area contributed by atoms with Gasteiger partial charge in [-0.2, -0.15) is 0 Å². The van der Waals surface area contributed by atoms with E-state index < -0.39 is 5.92 Å².